The van der Waals surface area contributed by atoms with Gasteiger partial charge in [0.05, 0.1) is 31.9 Å². The van der Waals surface area contributed by atoms with Crippen LogP contribution >= 0.6 is 24.0 Å². The molecule has 0 atom stereocenters. The fraction of sp³-hybridized carbons (Fsp3) is 0.824. The SMILES string of the molecule is CC(C)(C)NC(=O)C[NH+]1CCN(C(=O)CSC(=S)N2CCCC2)CC1. The molecule has 0 spiro atoms. The Morgan fingerprint density at radius 2 is 1.68 bits per heavy atom. The Balaban J connectivity index is 1.66. The molecule has 2 saturated heterocycles. The number of hydrogen-bond acceptors (Lipinski definition) is 4. The van der Waals surface area contributed by atoms with Crippen LogP contribution in [-0.2, 0) is 9.59 Å². The summed E-state index contributed by atoms with van der Waals surface area (Å²) < 4.78 is 0.856. The molecule has 6 nitrogen and oxygen atoms in total. The Morgan fingerprint density at radius 1 is 1.08 bits per heavy atom. The normalized spacial score (nSPS) is 19.2. The van der Waals surface area contributed by atoms with Crippen LogP contribution in [0.4, 0.5) is 0 Å². The highest BCUT2D eigenvalue weighted by Crippen LogP contribution is 2.16. The number of quaternary nitrogens is 1. The van der Waals surface area contributed by atoms with Crippen LogP contribution in [0.3, 0.4) is 0 Å². The Morgan fingerprint density at radius 3 is 2.24 bits per heavy atom. The molecule has 2 amide bonds. The molecule has 0 aliphatic carbocycles. The average Bonchev–Trinajstić information content (AvgIpc) is 3.05. The third-order valence-electron chi connectivity index (χ3n) is 4.43. The maximum Gasteiger partial charge on any atom is 0.275 e. The van der Waals surface area contributed by atoms with Gasteiger partial charge in [0.25, 0.3) is 5.91 Å². The van der Waals surface area contributed by atoms with E-state index >= 15 is 0 Å². The molecule has 2 N–H and O–H groups in total. The van der Waals surface area contributed by atoms with Gasteiger partial charge in [0.15, 0.2) is 6.54 Å². The first kappa shape index (κ1) is 20.5. The van der Waals surface area contributed by atoms with Crippen molar-refractivity contribution in [1.82, 2.24) is 15.1 Å². The molecule has 0 unspecified atom stereocenters. The number of likely N-dealkylation sites (tertiary alicyclic amines) is 1. The number of rotatable bonds is 4. The molecule has 142 valence electrons. The molecule has 0 saturated carbocycles. The fourth-order valence-corrected chi connectivity index (χ4v) is 4.30. The average molecular weight is 388 g/mol. The molecule has 2 fully saturated rings. The first-order valence-electron chi connectivity index (χ1n) is 9.09. The summed E-state index contributed by atoms with van der Waals surface area (Å²) in [5, 5.41) is 3.00. The van der Waals surface area contributed by atoms with Crippen molar-refractivity contribution in [1.29, 1.82) is 0 Å². The number of thiocarbonyl (C=S) groups is 1. The Labute approximate surface area is 160 Å². The number of nitrogens with one attached hydrogen (secondary N) is 2. The molecule has 0 radical (unpaired) electrons. The van der Waals surface area contributed by atoms with E-state index in [0.717, 1.165) is 30.5 Å². The van der Waals surface area contributed by atoms with Gasteiger partial charge in [-0.1, -0.05) is 24.0 Å². The maximum absolute atomic E-state index is 12.4. The molecular formula is C17H31N4O2S2+. The van der Waals surface area contributed by atoms with Crippen molar-refractivity contribution in [3.8, 4) is 0 Å². The second kappa shape index (κ2) is 9.19. The molecule has 2 heterocycles. The molecule has 0 aromatic rings. The topological polar surface area (TPSA) is 57.1 Å². The van der Waals surface area contributed by atoms with Crippen molar-refractivity contribution in [2.24, 2.45) is 0 Å². The van der Waals surface area contributed by atoms with Gasteiger partial charge < -0.3 is 20.0 Å². The van der Waals surface area contributed by atoms with Crippen molar-refractivity contribution >= 4 is 40.1 Å². The van der Waals surface area contributed by atoms with E-state index in [4.69, 9.17) is 12.2 Å². The summed E-state index contributed by atoms with van der Waals surface area (Å²) in [4.78, 5) is 29.7. The van der Waals surface area contributed by atoms with E-state index in [0.29, 0.717) is 25.4 Å². The van der Waals surface area contributed by atoms with E-state index in [1.807, 2.05) is 25.7 Å². The van der Waals surface area contributed by atoms with Gasteiger partial charge >= 0.3 is 0 Å². The van der Waals surface area contributed by atoms with Crippen LogP contribution < -0.4 is 10.2 Å². The summed E-state index contributed by atoms with van der Waals surface area (Å²) >= 11 is 6.90. The fourth-order valence-electron chi connectivity index (χ4n) is 3.14. The summed E-state index contributed by atoms with van der Waals surface area (Å²) in [5.74, 6) is 0.661. The number of hydrogen-bond donors (Lipinski definition) is 2. The van der Waals surface area contributed by atoms with Gasteiger partial charge in [-0.3, -0.25) is 9.59 Å². The third kappa shape index (κ3) is 7.11. The van der Waals surface area contributed by atoms with Crippen molar-refractivity contribution in [2.75, 3.05) is 51.6 Å². The zero-order chi connectivity index (χ0) is 18.4. The Hall–Kier alpha value is -0.860. The molecule has 2 aliphatic heterocycles. The second-order valence-corrected chi connectivity index (χ2v) is 9.46. The lowest BCUT2D eigenvalue weighted by Gasteiger charge is -2.32. The summed E-state index contributed by atoms with van der Waals surface area (Å²) in [6.07, 6.45) is 2.39. The third-order valence-corrected chi connectivity index (χ3v) is 5.94. The van der Waals surface area contributed by atoms with Crippen molar-refractivity contribution < 1.29 is 14.5 Å². The van der Waals surface area contributed by atoms with Crippen LogP contribution in [-0.4, -0.2) is 83.0 Å². The highest BCUT2D eigenvalue weighted by molar-refractivity contribution is 8.23. The first-order valence-corrected chi connectivity index (χ1v) is 10.5. The molecular weight excluding hydrogens is 356 g/mol. The lowest BCUT2D eigenvalue weighted by Crippen LogP contribution is -3.16. The summed E-state index contributed by atoms with van der Waals surface area (Å²) in [6.45, 7) is 11.6. The predicted molar refractivity (Wildman–Crippen MR) is 106 cm³/mol. The molecule has 0 aromatic carbocycles. The van der Waals surface area contributed by atoms with E-state index in [9.17, 15) is 9.59 Å². The molecule has 25 heavy (non-hydrogen) atoms. The van der Waals surface area contributed by atoms with Crippen molar-refractivity contribution in [3.05, 3.63) is 0 Å². The highest BCUT2D eigenvalue weighted by atomic mass is 32.2. The number of carbonyl (C=O) groups excluding carboxylic acids is 2. The second-order valence-electron chi connectivity index (χ2n) is 7.85. The summed E-state index contributed by atoms with van der Waals surface area (Å²) in [6, 6.07) is 0. The van der Waals surface area contributed by atoms with Gasteiger partial charge in [-0.05, 0) is 33.6 Å². The minimum absolute atomic E-state index is 0.0776. The highest BCUT2D eigenvalue weighted by Gasteiger charge is 2.26. The minimum Gasteiger partial charge on any atom is -0.358 e. The zero-order valence-corrected chi connectivity index (χ0v) is 17.2. The van der Waals surface area contributed by atoms with Crippen LogP contribution in [0.5, 0.6) is 0 Å². The van der Waals surface area contributed by atoms with Crippen molar-refractivity contribution in [3.63, 3.8) is 0 Å². The lowest BCUT2D eigenvalue weighted by molar-refractivity contribution is -0.896. The van der Waals surface area contributed by atoms with Gasteiger partial charge in [0.2, 0.25) is 5.91 Å². The largest absolute Gasteiger partial charge is 0.358 e. The predicted octanol–water partition coefficient (Wildman–Crippen LogP) is -0.258. The number of amides is 2. The zero-order valence-electron chi connectivity index (χ0n) is 15.6. The van der Waals surface area contributed by atoms with Crippen LogP contribution in [0, 0.1) is 0 Å². The van der Waals surface area contributed by atoms with E-state index in [-0.39, 0.29) is 17.4 Å². The van der Waals surface area contributed by atoms with Crippen LogP contribution in [0.2, 0.25) is 0 Å². The van der Waals surface area contributed by atoms with Gasteiger partial charge in [0, 0.05) is 18.6 Å². The molecule has 0 bridgehead atoms. The van der Waals surface area contributed by atoms with Gasteiger partial charge in [-0.25, -0.2) is 0 Å². The van der Waals surface area contributed by atoms with Gasteiger partial charge in [-0.2, -0.15) is 0 Å². The van der Waals surface area contributed by atoms with Crippen LogP contribution in [0.25, 0.3) is 0 Å². The van der Waals surface area contributed by atoms with Gasteiger partial charge in [0.1, 0.15) is 4.32 Å². The quantitative estimate of drug-likeness (QED) is 0.651. The summed E-state index contributed by atoms with van der Waals surface area (Å²) in [7, 11) is 0. The first-order chi connectivity index (χ1) is 11.7. The van der Waals surface area contributed by atoms with E-state index in [1.165, 1.54) is 29.5 Å². The summed E-state index contributed by atoms with van der Waals surface area (Å²) in [5.41, 5.74) is -0.195. The maximum atomic E-state index is 12.4. The van der Waals surface area contributed by atoms with Crippen LogP contribution in [0.1, 0.15) is 33.6 Å². The molecule has 2 rings (SSSR count). The molecule has 8 heteroatoms. The van der Waals surface area contributed by atoms with E-state index in [2.05, 4.69) is 10.2 Å². The Bertz CT molecular complexity index is 493. The standard InChI is InChI=1S/C17H30N4O2S2/c1-17(2,3)18-14(22)12-19-8-10-20(11-9-19)15(23)13-25-16(24)21-6-4-5-7-21/h4-13H2,1-3H3,(H,18,22)/p+1. The Kier molecular flexibility index (Phi) is 7.51. The molecule has 2 aliphatic rings. The number of thioether (sulfide) groups is 1. The van der Waals surface area contributed by atoms with Crippen molar-refractivity contribution in [2.45, 2.75) is 39.2 Å². The number of carbonyl (C=O) groups is 2. The van der Waals surface area contributed by atoms with E-state index < -0.39 is 0 Å². The lowest BCUT2D eigenvalue weighted by atomic mass is 10.1. The van der Waals surface area contributed by atoms with E-state index in [1.54, 1.807) is 0 Å². The van der Waals surface area contributed by atoms with Gasteiger partial charge in [-0.15, -0.1) is 0 Å². The number of piperazine rings is 1. The smallest absolute Gasteiger partial charge is 0.275 e. The minimum atomic E-state index is -0.195. The van der Waals surface area contributed by atoms with Crippen LogP contribution in [0.15, 0.2) is 0 Å². The number of nitrogens with zero attached hydrogens (tertiary/aromatic N) is 2. The monoisotopic (exact) mass is 387 g/mol. The molecule has 0 aromatic heterocycles.